The molecular formula is C14H21N3O. The van der Waals surface area contributed by atoms with E-state index in [0.29, 0.717) is 0 Å². The fourth-order valence-electron chi connectivity index (χ4n) is 2.66. The van der Waals surface area contributed by atoms with Crippen molar-refractivity contribution in [2.75, 3.05) is 6.54 Å². The standard InChI is InChI=1S/C14H21N3O/c15-13(18)14(7-1-2-10-17-14)8-3-5-12-6-4-9-16-11-12/h4,6,9,11,17H,1-3,5,7-8,10H2,(H2,15,18)/t14-/m1/s1. The third kappa shape index (κ3) is 3.07. The number of aryl methyl sites for hydroxylation is 1. The SMILES string of the molecule is NC(=O)[C@]1(CCCc2cccnc2)CCCCN1. The van der Waals surface area contributed by atoms with Crippen LogP contribution in [0.4, 0.5) is 0 Å². The van der Waals surface area contributed by atoms with E-state index in [4.69, 9.17) is 5.73 Å². The van der Waals surface area contributed by atoms with Crippen LogP contribution in [0, 0.1) is 0 Å². The van der Waals surface area contributed by atoms with E-state index in [0.717, 1.165) is 45.1 Å². The minimum Gasteiger partial charge on any atom is -0.368 e. The Labute approximate surface area is 108 Å². The Morgan fingerprint density at radius 2 is 2.39 bits per heavy atom. The second kappa shape index (κ2) is 5.96. The number of nitrogens with zero attached hydrogens (tertiary/aromatic N) is 1. The minimum absolute atomic E-state index is 0.201. The van der Waals surface area contributed by atoms with Crippen LogP contribution in [0.1, 0.15) is 37.7 Å². The van der Waals surface area contributed by atoms with E-state index in [9.17, 15) is 4.79 Å². The minimum atomic E-state index is -0.472. The van der Waals surface area contributed by atoms with Crippen molar-refractivity contribution in [2.24, 2.45) is 5.73 Å². The maximum atomic E-state index is 11.7. The van der Waals surface area contributed by atoms with Gasteiger partial charge in [-0.05, 0) is 56.7 Å². The molecule has 2 heterocycles. The Morgan fingerprint density at radius 3 is 3.00 bits per heavy atom. The molecule has 4 heteroatoms. The number of primary amides is 1. The van der Waals surface area contributed by atoms with Crippen LogP contribution in [0.25, 0.3) is 0 Å². The van der Waals surface area contributed by atoms with Gasteiger partial charge in [0.25, 0.3) is 0 Å². The summed E-state index contributed by atoms with van der Waals surface area (Å²) in [4.78, 5) is 15.8. The number of nitrogens with one attached hydrogen (secondary N) is 1. The predicted molar refractivity (Wildman–Crippen MR) is 71.0 cm³/mol. The lowest BCUT2D eigenvalue weighted by Crippen LogP contribution is -2.57. The number of piperidine rings is 1. The van der Waals surface area contributed by atoms with Crippen LogP contribution in [0.15, 0.2) is 24.5 Å². The van der Waals surface area contributed by atoms with Gasteiger partial charge >= 0.3 is 0 Å². The van der Waals surface area contributed by atoms with Gasteiger partial charge in [0.1, 0.15) is 0 Å². The van der Waals surface area contributed by atoms with Crippen molar-refractivity contribution in [3.8, 4) is 0 Å². The predicted octanol–water partition coefficient (Wildman–Crippen LogP) is 1.40. The van der Waals surface area contributed by atoms with E-state index in [1.807, 2.05) is 12.3 Å². The first-order chi connectivity index (χ1) is 8.73. The highest BCUT2D eigenvalue weighted by molar-refractivity contribution is 5.84. The van der Waals surface area contributed by atoms with Crippen molar-refractivity contribution in [1.82, 2.24) is 10.3 Å². The van der Waals surface area contributed by atoms with Gasteiger partial charge < -0.3 is 11.1 Å². The third-order valence-electron chi connectivity index (χ3n) is 3.76. The Balaban J connectivity index is 1.88. The van der Waals surface area contributed by atoms with Gasteiger partial charge in [0.05, 0.1) is 5.54 Å². The maximum Gasteiger partial charge on any atom is 0.237 e. The molecule has 0 saturated carbocycles. The summed E-state index contributed by atoms with van der Waals surface area (Å²) in [5.74, 6) is -0.201. The summed E-state index contributed by atoms with van der Waals surface area (Å²) in [5, 5.41) is 3.33. The van der Waals surface area contributed by atoms with Crippen molar-refractivity contribution >= 4 is 5.91 Å². The van der Waals surface area contributed by atoms with Crippen molar-refractivity contribution in [2.45, 2.75) is 44.1 Å². The van der Waals surface area contributed by atoms with E-state index in [1.54, 1.807) is 6.20 Å². The summed E-state index contributed by atoms with van der Waals surface area (Å²) < 4.78 is 0. The molecule has 4 nitrogen and oxygen atoms in total. The summed E-state index contributed by atoms with van der Waals surface area (Å²) in [6, 6.07) is 4.01. The molecule has 1 saturated heterocycles. The van der Waals surface area contributed by atoms with Crippen molar-refractivity contribution < 1.29 is 4.79 Å². The molecule has 1 amide bonds. The Hall–Kier alpha value is -1.42. The van der Waals surface area contributed by atoms with E-state index in [1.165, 1.54) is 5.56 Å². The van der Waals surface area contributed by atoms with Crippen molar-refractivity contribution in [3.05, 3.63) is 30.1 Å². The van der Waals surface area contributed by atoms with E-state index in [2.05, 4.69) is 16.4 Å². The zero-order chi connectivity index (χ0) is 12.8. The van der Waals surface area contributed by atoms with Gasteiger partial charge in [-0.1, -0.05) is 6.07 Å². The molecule has 1 atom stereocenters. The van der Waals surface area contributed by atoms with Gasteiger partial charge in [0.2, 0.25) is 5.91 Å². The zero-order valence-electron chi connectivity index (χ0n) is 10.7. The van der Waals surface area contributed by atoms with Gasteiger partial charge in [-0.2, -0.15) is 0 Å². The van der Waals surface area contributed by atoms with E-state index in [-0.39, 0.29) is 5.91 Å². The number of aromatic nitrogens is 1. The summed E-state index contributed by atoms with van der Waals surface area (Å²) in [7, 11) is 0. The second-order valence-corrected chi connectivity index (χ2v) is 5.05. The summed E-state index contributed by atoms with van der Waals surface area (Å²) in [6.45, 7) is 0.899. The fraction of sp³-hybridized carbons (Fsp3) is 0.571. The molecule has 0 spiro atoms. The molecule has 3 N–H and O–H groups in total. The Morgan fingerprint density at radius 1 is 1.50 bits per heavy atom. The normalized spacial score (nSPS) is 23.8. The smallest absolute Gasteiger partial charge is 0.237 e. The molecule has 0 aromatic carbocycles. The van der Waals surface area contributed by atoms with Gasteiger partial charge in [0.15, 0.2) is 0 Å². The van der Waals surface area contributed by atoms with Gasteiger partial charge in [-0.25, -0.2) is 0 Å². The lowest BCUT2D eigenvalue weighted by molar-refractivity contribution is -0.125. The van der Waals surface area contributed by atoms with Gasteiger partial charge in [0, 0.05) is 12.4 Å². The monoisotopic (exact) mass is 247 g/mol. The second-order valence-electron chi connectivity index (χ2n) is 5.05. The Kier molecular flexibility index (Phi) is 4.31. The lowest BCUT2D eigenvalue weighted by atomic mass is 9.83. The van der Waals surface area contributed by atoms with Crippen LogP contribution in [0.3, 0.4) is 0 Å². The number of hydrogen-bond donors (Lipinski definition) is 2. The van der Waals surface area contributed by atoms with Crippen LogP contribution < -0.4 is 11.1 Å². The van der Waals surface area contributed by atoms with Gasteiger partial charge in [-0.15, -0.1) is 0 Å². The fourth-order valence-corrected chi connectivity index (χ4v) is 2.66. The molecule has 1 aliphatic rings. The molecule has 0 bridgehead atoms. The number of carbonyl (C=O) groups is 1. The number of carbonyl (C=O) groups excluding carboxylic acids is 1. The molecule has 2 rings (SSSR count). The summed E-state index contributed by atoms with van der Waals surface area (Å²) >= 11 is 0. The number of amides is 1. The number of hydrogen-bond acceptors (Lipinski definition) is 3. The molecule has 98 valence electrons. The first kappa shape index (κ1) is 13.0. The van der Waals surface area contributed by atoms with Crippen molar-refractivity contribution in [1.29, 1.82) is 0 Å². The number of rotatable bonds is 5. The zero-order valence-corrected chi connectivity index (χ0v) is 10.7. The molecule has 1 aromatic rings. The molecular weight excluding hydrogens is 226 g/mol. The highest BCUT2D eigenvalue weighted by Gasteiger charge is 2.36. The van der Waals surface area contributed by atoms with Gasteiger partial charge in [-0.3, -0.25) is 9.78 Å². The van der Waals surface area contributed by atoms with Crippen LogP contribution in [0.5, 0.6) is 0 Å². The van der Waals surface area contributed by atoms with E-state index < -0.39 is 5.54 Å². The largest absolute Gasteiger partial charge is 0.368 e. The van der Waals surface area contributed by atoms with E-state index >= 15 is 0 Å². The average molecular weight is 247 g/mol. The number of nitrogens with two attached hydrogens (primary N) is 1. The molecule has 0 aliphatic carbocycles. The highest BCUT2D eigenvalue weighted by atomic mass is 16.1. The average Bonchev–Trinajstić information content (AvgIpc) is 2.41. The highest BCUT2D eigenvalue weighted by Crippen LogP contribution is 2.24. The first-order valence-corrected chi connectivity index (χ1v) is 6.67. The molecule has 1 aromatic heterocycles. The number of pyridine rings is 1. The molecule has 0 radical (unpaired) electrons. The van der Waals surface area contributed by atoms with Crippen LogP contribution in [-0.2, 0) is 11.2 Å². The van der Waals surface area contributed by atoms with Crippen LogP contribution >= 0.6 is 0 Å². The lowest BCUT2D eigenvalue weighted by Gasteiger charge is -2.35. The molecule has 1 aliphatic heterocycles. The topological polar surface area (TPSA) is 68.0 Å². The first-order valence-electron chi connectivity index (χ1n) is 6.67. The molecule has 1 fully saturated rings. The molecule has 0 unspecified atom stereocenters. The quantitative estimate of drug-likeness (QED) is 0.826. The molecule has 18 heavy (non-hydrogen) atoms. The third-order valence-corrected chi connectivity index (χ3v) is 3.76. The van der Waals surface area contributed by atoms with Crippen molar-refractivity contribution in [3.63, 3.8) is 0 Å². The summed E-state index contributed by atoms with van der Waals surface area (Å²) in [5.41, 5.74) is 6.31. The Bertz CT molecular complexity index is 385. The van der Waals surface area contributed by atoms with Crippen LogP contribution in [0.2, 0.25) is 0 Å². The summed E-state index contributed by atoms with van der Waals surface area (Å²) in [6.07, 6.45) is 9.47. The van der Waals surface area contributed by atoms with Crippen LogP contribution in [-0.4, -0.2) is 23.0 Å². The maximum absolute atomic E-state index is 11.7.